The minimum absolute atomic E-state index is 0.0638. The number of hydrogen-bond donors (Lipinski definition) is 2. The highest BCUT2D eigenvalue weighted by atomic mass is 16.4. The number of benzene rings is 1. The lowest BCUT2D eigenvalue weighted by Crippen LogP contribution is -2.37. The summed E-state index contributed by atoms with van der Waals surface area (Å²) in [6, 6.07) is 11.8. The fourth-order valence-electron chi connectivity index (χ4n) is 3.10. The van der Waals surface area contributed by atoms with E-state index in [9.17, 15) is 14.4 Å². The Morgan fingerprint density at radius 3 is 2.58 bits per heavy atom. The molecule has 7 heteroatoms. The lowest BCUT2D eigenvalue weighted by molar-refractivity contribution is -0.121. The van der Waals surface area contributed by atoms with E-state index in [0.29, 0.717) is 13.1 Å². The zero-order valence-corrected chi connectivity index (χ0v) is 14.3. The Hall–Kier alpha value is -3.22. The van der Waals surface area contributed by atoms with Crippen LogP contribution in [0, 0.1) is 6.92 Å². The van der Waals surface area contributed by atoms with Crippen molar-refractivity contribution in [1.29, 1.82) is 0 Å². The van der Waals surface area contributed by atoms with Crippen molar-refractivity contribution < 1.29 is 19.5 Å². The van der Waals surface area contributed by atoms with Gasteiger partial charge in [0.1, 0.15) is 5.69 Å². The second-order valence-corrected chi connectivity index (χ2v) is 6.11. The van der Waals surface area contributed by atoms with Crippen molar-refractivity contribution in [3.8, 4) is 0 Å². The predicted octanol–water partition coefficient (Wildman–Crippen LogP) is 1.79. The van der Waals surface area contributed by atoms with Gasteiger partial charge in [-0.1, -0.05) is 30.3 Å². The van der Waals surface area contributed by atoms with E-state index in [0.717, 1.165) is 5.56 Å². The number of carboxylic acid groups (broad SMARTS) is 1. The number of nitrogens with zero attached hydrogens (tertiary/aromatic N) is 2. The maximum atomic E-state index is 13.1. The molecule has 0 radical (unpaired) electrons. The summed E-state index contributed by atoms with van der Waals surface area (Å²) in [4.78, 5) is 42.0. The van der Waals surface area contributed by atoms with Crippen LogP contribution in [-0.2, 0) is 4.79 Å². The lowest BCUT2D eigenvalue weighted by Gasteiger charge is -2.29. The Labute approximate surface area is 150 Å². The predicted molar refractivity (Wildman–Crippen MR) is 93.8 cm³/mol. The summed E-state index contributed by atoms with van der Waals surface area (Å²) >= 11 is 0. The summed E-state index contributed by atoms with van der Waals surface area (Å²) in [5.41, 5.74) is 1.39. The normalized spacial score (nSPS) is 17.3. The molecule has 1 fully saturated rings. The highest BCUT2D eigenvalue weighted by molar-refractivity contribution is 5.95. The van der Waals surface area contributed by atoms with Crippen LogP contribution in [0.15, 0.2) is 42.5 Å². The smallest absolute Gasteiger partial charge is 0.337 e. The third-order valence-corrected chi connectivity index (χ3v) is 4.41. The Balaban J connectivity index is 1.96. The molecule has 134 valence electrons. The van der Waals surface area contributed by atoms with Crippen LogP contribution in [0.1, 0.15) is 44.6 Å². The first-order valence-electron chi connectivity index (χ1n) is 8.31. The van der Waals surface area contributed by atoms with E-state index in [2.05, 4.69) is 10.3 Å². The number of nitrogens with one attached hydrogen (secondary N) is 1. The molecular weight excluding hydrogens is 334 g/mol. The lowest BCUT2D eigenvalue weighted by atomic mass is 10.0. The molecule has 1 aliphatic rings. The topological polar surface area (TPSA) is 99.6 Å². The van der Waals surface area contributed by atoms with Gasteiger partial charge in [0.2, 0.25) is 5.91 Å². The Bertz CT molecular complexity index is 851. The van der Waals surface area contributed by atoms with E-state index in [1.807, 2.05) is 30.3 Å². The van der Waals surface area contributed by atoms with Crippen LogP contribution >= 0.6 is 0 Å². The molecule has 0 aliphatic carbocycles. The quantitative estimate of drug-likeness (QED) is 0.876. The summed E-state index contributed by atoms with van der Waals surface area (Å²) in [5.74, 6) is -1.52. The molecule has 0 bridgehead atoms. The molecule has 1 atom stereocenters. The average molecular weight is 353 g/mol. The van der Waals surface area contributed by atoms with Gasteiger partial charge in [-0.2, -0.15) is 0 Å². The Morgan fingerprint density at radius 1 is 1.19 bits per heavy atom. The molecule has 2 N–H and O–H groups in total. The summed E-state index contributed by atoms with van der Waals surface area (Å²) in [6.07, 6.45) is 0.169. The number of pyridine rings is 1. The van der Waals surface area contributed by atoms with Crippen LogP contribution in [-0.4, -0.2) is 45.9 Å². The molecule has 0 saturated carbocycles. The number of hydrogen-bond acceptors (Lipinski definition) is 4. The molecule has 0 spiro atoms. The number of aryl methyl sites for hydroxylation is 1. The van der Waals surface area contributed by atoms with Crippen molar-refractivity contribution in [1.82, 2.24) is 15.2 Å². The summed E-state index contributed by atoms with van der Waals surface area (Å²) < 4.78 is 0. The highest BCUT2D eigenvalue weighted by Crippen LogP contribution is 2.27. The van der Waals surface area contributed by atoms with Crippen molar-refractivity contribution in [2.45, 2.75) is 19.4 Å². The molecule has 1 saturated heterocycles. The van der Waals surface area contributed by atoms with Crippen molar-refractivity contribution in [2.24, 2.45) is 0 Å². The van der Waals surface area contributed by atoms with Gasteiger partial charge in [0.25, 0.3) is 5.91 Å². The van der Waals surface area contributed by atoms with E-state index >= 15 is 0 Å². The first kappa shape index (κ1) is 17.6. The average Bonchev–Trinajstić information content (AvgIpc) is 2.83. The van der Waals surface area contributed by atoms with Crippen LogP contribution in [0.25, 0.3) is 0 Å². The standard InChI is InChI=1S/C19H19N3O4/c1-12-14(19(25)26)7-8-15(21-12)18(24)22-10-9-20-17(23)11-16(22)13-5-3-2-4-6-13/h2-8,16H,9-11H2,1H3,(H,20,23)(H,25,26). The molecule has 7 nitrogen and oxygen atoms in total. The maximum absolute atomic E-state index is 13.1. The number of carboxylic acids is 1. The van der Waals surface area contributed by atoms with E-state index in [-0.39, 0.29) is 35.2 Å². The first-order chi connectivity index (χ1) is 12.5. The number of rotatable bonds is 3. The molecule has 2 aromatic rings. The third kappa shape index (κ3) is 3.56. The van der Waals surface area contributed by atoms with Crippen LogP contribution in [0.4, 0.5) is 0 Å². The summed E-state index contributed by atoms with van der Waals surface area (Å²) in [6.45, 7) is 2.27. The molecule has 2 heterocycles. The number of carbonyl (C=O) groups is 3. The van der Waals surface area contributed by atoms with E-state index < -0.39 is 12.0 Å². The van der Waals surface area contributed by atoms with Crippen molar-refractivity contribution in [3.63, 3.8) is 0 Å². The van der Waals surface area contributed by atoms with Crippen molar-refractivity contribution >= 4 is 17.8 Å². The second-order valence-electron chi connectivity index (χ2n) is 6.11. The Kier molecular flexibility index (Phi) is 4.97. The van der Waals surface area contributed by atoms with Gasteiger partial charge in [-0.25, -0.2) is 9.78 Å². The van der Waals surface area contributed by atoms with Crippen molar-refractivity contribution in [2.75, 3.05) is 13.1 Å². The van der Waals surface area contributed by atoms with Gasteiger partial charge >= 0.3 is 5.97 Å². The maximum Gasteiger partial charge on any atom is 0.337 e. The second kappa shape index (κ2) is 7.35. The zero-order valence-electron chi connectivity index (χ0n) is 14.3. The van der Waals surface area contributed by atoms with Gasteiger partial charge in [0, 0.05) is 13.1 Å². The van der Waals surface area contributed by atoms with Gasteiger partial charge < -0.3 is 15.3 Å². The largest absolute Gasteiger partial charge is 0.478 e. The summed E-state index contributed by atoms with van der Waals surface area (Å²) in [7, 11) is 0. The summed E-state index contributed by atoms with van der Waals surface area (Å²) in [5, 5.41) is 11.9. The molecule has 2 amide bonds. The Morgan fingerprint density at radius 2 is 1.92 bits per heavy atom. The van der Waals surface area contributed by atoms with Crippen LogP contribution in [0.3, 0.4) is 0 Å². The van der Waals surface area contributed by atoms with E-state index in [1.54, 1.807) is 11.8 Å². The fourth-order valence-corrected chi connectivity index (χ4v) is 3.10. The van der Waals surface area contributed by atoms with Gasteiger partial charge in [0.05, 0.1) is 23.7 Å². The molecular formula is C19H19N3O4. The van der Waals surface area contributed by atoms with Crippen molar-refractivity contribution in [3.05, 3.63) is 65.0 Å². The molecule has 1 unspecified atom stereocenters. The van der Waals surface area contributed by atoms with Crippen LogP contribution < -0.4 is 5.32 Å². The number of carbonyl (C=O) groups excluding carboxylic acids is 2. The number of amides is 2. The monoisotopic (exact) mass is 353 g/mol. The van der Waals surface area contributed by atoms with Gasteiger partial charge in [0.15, 0.2) is 0 Å². The van der Waals surface area contributed by atoms with E-state index in [4.69, 9.17) is 5.11 Å². The van der Waals surface area contributed by atoms with E-state index in [1.165, 1.54) is 12.1 Å². The number of aromatic carboxylic acids is 1. The minimum Gasteiger partial charge on any atom is -0.478 e. The number of aromatic nitrogens is 1. The third-order valence-electron chi connectivity index (χ3n) is 4.41. The molecule has 1 aromatic carbocycles. The van der Waals surface area contributed by atoms with Crippen LogP contribution in [0.5, 0.6) is 0 Å². The molecule has 26 heavy (non-hydrogen) atoms. The highest BCUT2D eigenvalue weighted by Gasteiger charge is 2.31. The van der Waals surface area contributed by atoms with Gasteiger partial charge in [-0.3, -0.25) is 9.59 Å². The van der Waals surface area contributed by atoms with Crippen LogP contribution in [0.2, 0.25) is 0 Å². The van der Waals surface area contributed by atoms with Gasteiger partial charge in [-0.15, -0.1) is 0 Å². The first-order valence-corrected chi connectivity index (χ1v) is 8.31. The van der Waals surface area contributed by atoms with Gasteiger partial charge in [-0.05, 0) is 24.6 Å². The molecule has 3 rings (SSSR count). The molecule has 1 aliphatic heterocycles. The SMILES string of the molecule is Cc1nc(C(=O)N2CCNC(=O)CC2c2ccccc2)ccc1C(=O)O. The minimum atomic E-state index is -1.08. The zero-order chi connectivity index (χ0) is 18.7. The molecule has 1 aromatic heterocycles. The fraction of sp³-hybridized carbons (Fsp3) is 0.263.